The van der Waals surface area contributed by atoms with Crippen LogP contribution in [0.5, 0.6) is 5.75 Å². The number of ether oxygens (including phenoxy) is 1. The Labute approximate surface area is 121 Å². The zero-order valence-electron chi connectivity index (χ0n) is 10.2. The van der Waals surface area contributed by atoms with Crippen molar-refractivity contribution in [3.05, 3.63) is 57.8 Å². The van der Waals surface area contributed by atoms with Crippen LogP contribution in [0.2, 0.25) is 10.0 Å². The number of anilines is 1. The molecule has 0 saturated carbocycles. The van der Waals surface area contributed by atoms with E-state index in [4.69, 9.17) is 27.9 Å². The highest BCUT2D eigenvalue weighted by atomic mass is 35.5. The van der Waals surface area contributed by atoms with E-state index in [1.165, 1.54) is 13.2 Å². The van der Waals surface area contributed by atoms with Gasteiger partial charge in [0, 0.05) is 12.6 Å². The quantitative estimate of drug-likeness (QED) is 0.879. The van der Waals surface area contributed by atoms with Gasteiger partial charge in [0.1, 0.15) is 11.6 Å². The highest BCUT2D eigenvalue weighted by molar-refractivity contribution is 6.42. The highest BCUT2D eigenvalue weighted by Crippen LogP contribution is 2.27. The van der Waals surface area contributed by atoms with E-state index in [-0.39, 0.29) is 5.82 Å². The Kier molecular flexibility index (Phi) is 4.51. The van der Waals surface area contributed by atoms with Crippen molar-refractivity contribution in [2.45, 2.75) is 6.54 Å². The van der Waals surface area contributed by atoms with Gasteiger partial charge in [0.25, 0.3) is 0 Å². The molecule has 0 aliphatic rings. The average molecular weight is 300 g/mol. The van der Waals surface area contributed by atoms with Gasteiger partial charge in [0.05, 0.1) is 22.8 Å². The summed E-state index contributed by atoms with van der Waals surface area (Å²) in [4.78, 5) is 0. The van der Waals surface area contributed by atoms with E-state index in [9.17, 15) is 4.39 Å². The van der Waals surface area contributed by atoms with Crippen molar-refractivity contribution >= 4 is 28.9 Å². The summed E-state index contributed by atoms with van der Waals surface area (Å²) in [6, 6.07) is 9.84. The SMILES string of the molecule is COc1ccc(F)c(NCc2cccc(Cl)c2Cl)c1. The summed E-state index contributed by atoms with van der Waals surface area (Å²) in [6.07, 6.45) is 0. The largest absolute Gasteiger partial charge is 0.497 e. The van der Waals surface area contributed by atoms with E-state index in [0.717, 1.165) is 5.56 Å². The number of rotatable bonds is 4. The molecule has 2 aromatic carbocycles. The highest BCUT2D eigenvalue weighted by Gasteiger charge is 2.07. The van der Waals surface area contributed by atoms with Gasteiger partial charge >= 0.3 is 0 Å². The molecular weight excluding hydrogens is 288 g/mol. The van der Waals surface area contributed by atoms with Crippen LogP contribution in [-0.2, 0) is 6.54 Å². The van der Waals surface area contributed by atoms with Crippen molar-refractivity contribution in [1.29, 1.82) is 0 Å². The molecule has 2 aromatic rings. The van der Waals surface area contributed by atoms with Crippen LogP contribution in [0, 0.1) is 5.82 Å². The minimum atomic E-state index is -0.348. The Morgan fingerprint density at radius 1 is 1.21 bits per heavy atom. The van der Waals surface area contributed by atoms with E-state index in [1.54, 1.807) is 24.3 Å². The van der Waals surface area contributed by atoms with Crippen molar-refractivity contribution in [1.82, 2.24) is 0 Å². The molecule has 0 amide bonds. The second-order valence-electron chi connectivity index (χ2n) is 3.91. The lowest BCUT2D eigenvalue weighted by Crippen LogP contribution is -2.02. The first kappa shape index (κ1) is 14.0. The second-order valence-corrected chi connectivity index (χ2v) is 4.70. The molecule has 0 heterocycles. The van der Waals surface area contributed by atoms with Gasteiger partial charge in [-0.05, 0) is 23.8 Å². The molecular formula is C14H12Cl2FNO. The van der Waals surface area contributed by atoms with Crippen LogP contribution >= 0.6 is 23.2 Å². The van der Waals surface area contributed by atoms with Crippen LogP contribution in [0.15, 0.2) is 36.4 Å². The van der Waals surface area contributed by atoms with Crippen LogP contribution in [0.1, 0.15) is 5.56 Å². The van der Waals surface area contributed by atoms with Crippen molar-refractivity contribution in [3.63, 3.8) is 0 Å². The van der Waals surface area contributed by atoms with Gasteiger partial charge in [0.15, 0.2) is 0 Å². The molecule has 2 nitrogen and oxygen atoms in total. The minimum Gasteiger partial charge on any atom is -0.497 e. The molecule has 0 spiro atoms. The Morgan fingerprint density at radius 3 is 2.74 bits per heavy atom. The predicted octanol–water partition coefficient (Wildman–Crippen LogP) is 4.75. The number of nitrogens with one attached hydrogen (secondary N) is 1. The van der Waals surface area contributed by atoms with E-state index < -0.39 is 0 Å². The van der Waals surface area contributed by atoms with E-state index in [1.807, 2.05) is 6.07 Å². The van der Waals surface area contributed by atoms with Crippen LogP contribution in [-0.4, -0.2) is 7.11 Å². The Hall–Kier alpha value is -1.45. The van der Waals surface area contributed by atoms with Gasteiger partial charge in [-0.2, -0.15) is 0 Å². The number of hydrogen-bond donors (Lipinski definition) is 1. The number of benzene rings is 2. The van der Waals surface area contributed by atoms with E-state index >= 15 is 0 Å². The van der Waals surface area contributed by atoms with Gasteiger partial charge in [-0.25, -0.2) is 4.39 Å². The van der Waals surface area contributed by atoms with Crippen LogP contribution in [0.3, 0.4) is 0 Å². The fourth-order valence-electron chi connectivity index (χ4n) is 1.64. The average Bonchev–Trinajstić information content (AvgIpc) is 2.42. The first-order valence-corrected chi connectivity index (χ1v) is 6.37. The molecule has 0 saturated heterocycles. The molecule has 100 valence electrons. The molecule has 0 atom stereocenters. The number of halogens is 3. The van der Waals surface area contributed by atoms with E-state index in [0.29, 0.717) is 28.0 Å². The summed E-state index contributed by atoms with van der Waals surface area (Å²) in [7, 11) is 1.53. The van der Waals surface area contributed by atoms with Crippen molar-refractivity contribution in [3.8, 4) is 5.75 Å². The predicted molar refractivity (Wildman–Crippen MR) is 76.7 cm³/mol. The second kappa shape index (κ2) is 6.13. The van der Waals surface area contributed by atoms with Gasteiger partial charge in [-0.3, -0.25) is 0 Å². The molecule has 5 heteroatoms. The molecule has 0 fully saturated rings. The van der Waals surface area contributed by atoms with Gasteiger partial charge in [-0.15, -0.1) is 0 Å². The molecule has 19 heavy (non-hydrogen) atoms. The first-order chi connectivity index (χ1) is 9.11. The maximum atomic E-state index is 13.6. The summed E-state index contributed by atoms with van der Waals surface area (Å²) in [5.74, 6) is 0.236. The maximum Gasteiger partial charge on any atom is 0.146 e. The summed E-state index contributed by atoms with van der Waals surface area (Å²) in [5.41, 5.74) is 1.16. The van der Waals surface area contributed by atoms with Gasteiger partial charge in [-0.1, -0.05) is 35.3 Å². The summed E-state index contributed by atoms with van der Waals surface area (Å²) >= 11 is 12.0. The molecule has 1 N–H and O–H groups in total. The van der Waals surface area contributed by atoms with Crippen LogP contribution in [0.25, 0.3) is 0 Å². The normalized spacial score (nSPS) is 10.3. The van der Waals surface area contributed by atoms with Crippen molar-refractivity contribution in [2.75, 3.05) is 12.4 Å². The third-order valence-electron chi connectivity index (χ3n) is 2.67. The van der Waals surface area contributed by atoms with Gasteiger partial charge in [0.2, 0.25) is 0 Å². The Bertz CT molecular complexity index is 590. The molecule has 0 bridgehead atoms. The van der Waals surface area contributed by atoms with E-state index in [2.05, 4.69) is 5.32 Å². The zero-order chi connectivity index (χ0) is 13.8. The maximum absolute atomic E-state index is 13.6. The summed E-state index contributed by atoms with van der Waals surface area (Å²) < 4.78 is 18.7. The topological polar surface area (TPSA) is 21.3 Å². The third kappa shape index (κ3) is 3.31. The van der Waals surface area contributed by atoms with Gasteiger partial charge < -0.3 is 10.1 Å². The van der Waals surface area contributed by atoms with Crippen molar-refractivity contribution in [2.24, 2.45) is 0 Å². The smallest absolute Gasteiger partial charge is 0.146 e. The minimum absolute atomic E-state index is 0.348. The molecule has 0 radical (unpaired) electrons. The lowest BCUT2D eigenvalue weighted by molar-refractivity contribution is 0.414. The Balaban J connectivity index is 2.16. The lowest BCUT2D eigenvalue weighted by atomic mass is 10.2. The standard InChI is InChI=1S/C14H12Cl2FNO/c1-19-10-5-6-12(17)13(7-10)18-8-9-3-2-4-11(15)14(9)16/h2-7,18H,8H2,1H3. The van der Waals surface area contributed by atoms with Crippen LogP contribution in [0.4, 0.5) is 10.1 Å². The molecule has 0 aliphatic carbocycles. The fourth-order valence-corrected chi connectivity index (χ4v) is 2.03. The number of hydrogen-bond acceptors (Lipinski definition) is 2. The van der Waals surface area contributed by atoms with Crippen molar-refractivity contribution < 1.29 is 9.13 Å². The summed E-state index contributed by atoms with van der Waals surface area (Å²) in [6.45, 7) is 0.378. The monoisotopic (exact) mass is 299 g/mol. The zero-order valence-corrected chi connectivity index (χ0v) is 11.7. The molecule has 0 unspecified atom stereocenters. The number of methoxy groups -OCH3 is 1. The third-order valence-corrected chi connectivity index (χ3v) is 3.53. The summed E-state index contributed by atoms with van der Waals surface area (Å²) in [5, 5.41) is 3.92. The van der Waals surface area contributed by atoms with Crippen LogP contribution < -0.4 is 10.1 Å². The Morgan fingerprint density at radius 2 is 2.00 bits per heavy atom. The first-order valence-electron chi connectivity index (χ1n) is 5.62. The molecule has 2 rings (SSSR count). The lowest BCUT2D eigenvalue weighted by Gasteiger charge is -2.11. The molecule has 0 aromatic heterocycles. The molecule has 0 aliphatic heterocycles. The fraction of sp³-hybridized carbons (Fsp3) is 0.143.